The Bertz CT molecular complexity index is 899. The van der Waals surface area contributed by atoms with Gasteiger partial charge in [-0.15, -0.1) is 0 Å². The fraction of sp³-hybridized carbons (Fsp3) is 0.0625. The minimum absolute atomic E-state index is 0.264. The van der Waals surface area contributed by atoms with E-state index in [4.69, 9.17) is 12.2 Å². The van der Waals surface area contributed by atoms with Gasteiger partial charge >= 0.3 is 0 Å². The van der Waals surface area contributed by atoms with Crippen LogP contribution in [-0.2, 0) is 6.42 Å². The van der Waals surface area contributed by atoms with E-state index in [0.717, 1.165) is 15.6 Å². The molecule has 7 heteroatoms. The second-order valence-corrected chi connectivity index (χ2v) is 6.16. The summed E-state index contributed by atoms with van der Waals surface area (Å²) < 4.78 is 15.9. The molecule has 4 nitrogen and oxygen atoms in total. The van der Waals surface area contributed by atoms with Crippen LogP contribution in [0.5, 0.6) is 0 Å². The normalized spacial score (nSPS) is 11.2. The predicted octanol–water partition coefficient (Wildman–Crippen LogP) is 4.32. The first-order chi connectivity index (χ1) is 11.1. The molecule has 2 aromatic carbocycles. The Morgan fingerprint density at radius 2 is 2.04 bits per heavy atom. The maximum absolute atomic E-state index is 13.0. The lowest BCUT2D eigenvalue weighted by Gasteiger charge is -2.01. The van der Waals surface area contributed by atoms with Crippen LogP contribution in [0, 0.1) is 10.6 Å². The molecule has 0 unspecified atom stereocenters. The summed E-state index contributed by atoms with van der Waals surface area (Å²) in [5, 5.41) is 11.3. The quantitative estimate of drug-likeness (QED) is 0.532. The number of aromatic amines is 1. The topological polar surface area (TPSA) is 46.0 Å². The summed E-state index contributed by atoms with van der Waals surface area (Å²) in [7, 11) is 0. The van der Waals surface area contributed by atoms with E-state index >= 15 is 0 Å². The molecule has 3 aromatic rings. The van der Waals surface area contributed by atoms with Crippen molar-refractivity contribution in [1.29, 1.82) is 0 Å². The van der Waals surface area contributed by atoms with Crippen LogP contribution >= 0.6 is 28.1 Å². The van der Waals surface area contributed by atoms with E-state index in [0.29, 0.717) is 17.0 Å². The Morgan fingerprint density at radius 1 is 1.26 bits per heavy atom. The maximum atomic E-state index is 13.0. The number of nitrogens with zero attached hydrogens (tertiary/aromatic N) is 3. The molecule has 1 N–H and O–H groups in total. The fourth-order valence-corrected chi connectivity index (χ4v) is 2.67. The summed E-state index contributed by atoms with van der Waals surface area (Å²) in [6.07, 6.45) is 2.22. The van der Waals surface area contributed by atoms with Gasteiger partial charge in [-0.05, 0) is 47.6 Å². The Morgan fingerprint density at radius 3 is 2.78 bits per heavy atom. The highest BCUT2D eigenvalue weighted by atomic mass is 79.9. The van der Waals surface area contributed by atoms with Crippen molar-refractivity contribution in [3.8, 4) is 0 Å². The molecule has 0 amide bonds. The molecule has 1 aromatic heterocycles. The van der Waals surface area contributed by atoms with E-state index in [-0.39, 0.29) is 5.82 Å². The molecule has 0 aliphatic rings. The molecule has 0 spiro atoms. The van der Waals surface area contributed by atoms with Crippen LogP contribution in [0.15, 0.2) is 58.1 Å². The van der Waals surface area contributed by atoms with Crippen LogP contribution in [0.1, 0.15) is 17.0 Å². The van der Waals surface area contributed by atoms with Gasteiger partial charge in [0.25, 0.3) is 0 Å². The average Bonchev–Trinajstić information content (AvgIpc) is 2.88. The number of hydrogen-bond acceptors (Lipinski definition) is 3. The lowest BCUT2D eigenvalue weighted by molar-refractivity contribution is 0.627. The highest BCUT2D eigenvalue weighted by Gasteiger charge is 2.06. The molecule has 3 rings (SSSR count). The molecule has 0 saturated heterocycles. The summed E-state index contributed by atoms with van der Waals surface area (Å²) in [5.41, 5.74) is 1.87. The van der Waals surface area contributed by atoms with Crippen LogP contribution in [0.2, 0.25) is 0 Å². The Hall–Kier alpha value is -2.12. The third kappa shape index (κ3) is 4.00. The van der Waals surface area contributed by atoms with E-state index in [1.807, 2.05) is 24.3 Å². The van der Waals surface area contributed by atoms with Gasteiger partial charge < -0.3 is 0 Å². The largest absolute Gasteiger partial charge is 0.250 e. The van der Waals surface area contributed by atoms with Gasteiger partial charge in [0.2, 0.25) is 4.77 Å². The van der Waals surface area contributed by atoms with Crippen molar-refractivity contribution in [2.75, 3.05) is 0 Å². The Balaban J connectivity index is 1.87. The third-order valence-corrected chi connectivity index (χ3v) is 3.92. The molecule has 1 heterocycles. The Kier molecular flexibility index (Phi) is 4.78. The minimum atomic E-state index is -0.264. The minimum Gasteiger partial charge on any atom is -0.250 e. The van der Waals surface area contributed by atoms with Crippen LogP contribution in [0.3, 0.4) is 0 Å². The number of hydrogen-bond donors (Lipinski definition) is 1. The van der Waals surface area contributed by atoms with Gasteiger partial charge in [0, 0.05) is 10.9 Å². The van der Waals surface area contributed by atoms with Gasteiger partial charge in [0.15, 0.2) is 5.82 Å². The van der Waals surface area contributed by atoms with Gasteiger partial charge in [-0.2, -0.15) is 14.9 Å². The van der Waals surface area contributed by atoms with E-state index in [9.17, 15) is 4.39 Å². The summed E-state index contributed by atoms with van der Waals surface area (Å²) in [4.78, 5) is 0. The number of rotatable bonds is 4. The van der Waals surface area contributed by atoms with Crippen molar-refractivity contribution in [3.05, 3.63) is 80.5 Å². The zero-order chi connectivity index (χ0) is 16.2. The number of aromatic nitrogens is 3. The summed E-state index contributed by atoms with van der Waals surface area (Å²) in [5.74, 6) is 0.396. The number of H-pyrrole nitrogens is 1. The van der Waals surface area contributed by atoms with Crippen molar-refractivity contribution in [1.82, 2.24) is 14.9 Å². The standard InChI is InChI=1S/C16H12BrFN4S/c17-13-3-1-2-12(8-13)10-19-22-15(20-21-16(22)23)9-11-4-6-14(18)7-5-11/h1-8,10H,9H2,(H,21,23)/b19-10-. The lowest BCUT2D eigenvalue weighted by atomic mass is 10.1. The molecule has 0 saturated carbocycles. The first kappa shape index (κ1) is 15.8. The third-order valence-electron chi connectivity index (χ3n) is 3.16. The van der Waals surface area contributed by atoms with Gasteiger partial charge in [0.05, 0.1) is 6.21 Å². The van der Waals surface area contributed by atoms with Crippen LogP contribution in [0.4, 0.5) is 4.39 Å². The zero-order valence-electron chi connectivity index (χ0n) is 11.9. The zero-order valence-corrected chi connectivity index (χ0v) is 14.3. The molecule has 0 atom stereocenters. The van der Waals surface area contributed by atoms with Crippen molar-refractivity contribution in [3.63, 3.8) is 0 Å². The molecule has 0 aliphatic heterocycles. The van der Waals surface area contributed by atoms with Crippen molar-refractivity contribution < 1.29 is 4.39 Å². The second-order valence-electron chi connectivity index (χ2n) is 4.86. The van der Waals surface area contributed by atoms with Crippen molar-refractivity contribution in [2.45, 2.75) is 6.42 Å². The van der Waals surface area contributed by atoms with Crippen LogP contribution in [-0.4, -0.2) is 21.1 Å². The number of benzene rings is 2. The first-order valence-corrected chi connectivity index (χ1v) is 8.02. The maximum Gasteiger partial charge on any atom is 0.216 e. The molecule has 23 heavy (non-hydrogen) atoms. The van der Waals surface area contributed by atoms with Crippen LogP contribution in [0.25, 0.3) is 0 Å². The van der Waals surface area contributed by atoms with Gasteiger partial charge in [-0.25, -0.2) is 4.39 Å². The summed E-state index contributed by atoms with van der Waals surface area (Å²) >= 11 is 8.63. The van der Waals surface area contributed by atoms with Crippen molar-refractivity contribution >= 4 is 34.4 Å². The van der Waals surface area contributed by atoms with E-state index in [1.165, 1.54) is 12.1 Å². The van der Waals surface area contributed by atoms with Gasteiger partial charge in [-0.1, -0.05) is 40.2 Å². The molecule has 0 bridgehead atoms. The Labute approximate surface area is 145 Å². The van der Waals surface area contributed by atoms with E-state index < -0.39 is 0 Å². The fourth-order valence-electron chi connectivity index (χ4n) is 2.05. The predicted molar refractivity (Wildman–Crippen MR) is 93.8 cm³/mol. The number of nitrogens with one attached hydrogen (secondary N) is 1. The SMILES string of the molecule is Fc1ccc(Cc2n[nH]c(=S)n2/N=C\c2cccc(Br)c2)cc1. The smallest absolute Gasteiger partial charge is 0.216 e. The van der Waals surface area contributed by atoms with Crippen molar-refractivity contribution in [2.24, 2.45) is 5.10 Å². The summed E-state index contributed by atoms with van der Waals surface area (Å²) in [6, 6.07) is 14.0. The molecule has 0 radical (unpaired) electrons. The second kappa shape index (κ2) is 6.97. The molecule has 116 valence electrons. The van der Waals surface area contributed by atoms with E-state index in [2.05, 4.69) is 31.2 Å². The van der Waals surface area contributed by atoms with Gasteiger partial charge in [-0.3, -0.25) is 5.10 Å². The molecule has 0 aliphatic carbocycles. The molecular weight excluding hydrogens is 379 g/mol. The highest BCUT2D eigenvalue weighted by Crippen LogP contribution is 2.11. The lowest BCUT2D eigenvalue weighted by Crippen LogP contribution is -2.00. The summed E-state index contributed by atoms with van der Waals surface area (Å²) in [6.45, 7) is 0. The van der Waals surface area contributed by atoms with Gasteiger partial charge in [0.1, 0.15) is 5.82 Å². The van der Waals surface area contributed by atoms with E-state index in [1.54, 1.807) is 23.0 Å². The number of halogens is 2. The first-order valence-electron chi connectivity index (χ1n) is 6.82. The highest BCUT2D eigenvalue weighted by molar-refractivity contribution is 9.10. The molecular formula is C16H12BrFN4S. The monoisotopic (exact) mass is 390 g/mol. The van der Waals surface area contributed by atoms with Crippen LogP contribution < -0.4 is 0 Å². The molecule has 0 fully saturated rings. The average molecular weight is 391 g/mol.